The van der Waals surface area contributed by atoms with Crippen LogP contribution in [0.5, 0.6) is 5.75 Å². The second-order valence-corrected chi connectivity index (χ2v) is 8.85. The highest BCUT2D eigenvalue weighted by atomic mass is 31.3. The highest BCUT2D eigenvalue weighted by Gasteiger charge is 2.35. The van der Waals surface area contributed by atoms with Crippen molar-refractivity contribution in [3.8, 4) is 5.75 Å². The summed E-state index contributed by atoms with van der Waals surface area (Å²) in [6.07, 6.45) is 0. The number of hydrogen-bond acceptors (Lipinski definition) is 9. The number of rotatable bonds is 7. The van der Waals surface area contributed by atoms with E-state index in [1.807, 2.05) is 0 Å². The summed E-state index contributed by atoms with van der Waals surface area (Å²) in [5.41, 5.74) is -0.346. The van der Waals surface area contributed by atoms with Crippen molar-refractivity contribution >= 4 is 39.9 Å². The number of phosphoric ester groups is 1. The Kier molecular flexibility index (Phi) is 5.69. The first-order valence-corrected chi connectivity index (χ1v) is 10.8. The first-order valence-electron chi connectivity index (χ1n) is 6.27. The maximum Gasteiger partial charge on any atom is 0.534 e. The minimum atomic E-state index is -5.92. The molecule has 0 aliphatic rings. The van der Waals surface area contributed by atoms with Gasteiger partial charge in [-0.25, -0.2) is 17.8 Å². The van der Waals surface area contributed by atoms with Crippen LogP contribution in [0, 0.1) is 10.1 Å². The molecule has 2 atom stereocenters. The lowest BCUT2D eigenvalue weighted by Gasteiger charge is -2.24. The Bertz CT molecular complexity index is 1000. The van der Waals surface area contributed by atoms with Crippen LogP contribution in [-0.4, -0.2) is 19.6 Å². The molecule has 2 aromatic carbocycles. The molecule has 0 heterocycles. The van der Waals surface area contributed by atoms with Crippen LogP contribution in [-0.2, 0) is 22.3 Å². The lowest BCUT2D eigenvalue weighted by molar-refractivity contribution is -0.383. The number of benzene rings is 2. The molecule has 13 nitrogen and oxygen atoms in total. The summed E-state index contributed by atoms with van der Waals surface area (Å²) in [6, 6.07) is 7.36. The quantitative estimate of drug-likeness (QED) is 0.328. The van der Waals surface area contributed by atoms with E-state index in [2.05, 4.69) is 13.1 Å². The van der Waals surface area contributed by atoms with Gasteiger partial charge in [0.25, 0.3) is 13.5 Å². The standard InChI is InChI=1S/C10H10NO12P3/c12-11(13)9-5-6-10(8-4-2-1-3-7(8)9)21-25(17,18)23-26(19,20)22-24(14,15)16/h1-6H,(H,17,18)(H,19,20)(H2,14,15,16)/p-1. The summed E-state index contributed by atoms with van der Waals surface area (Å²) < 4.78 is 45.1. The largest absolute Gasteiger partial charge is 0.755 e. The van der Waals surface area contributed by atoms with Gasteiger partial charge in [0.15, 0.2) is 0 Å². The third-order valence-corrected chi connectivity index (χ3v) is 6.38. The van der Waals surface area contributed by atoms with E-state index in [4.69, 9.17) is 9.79 Å². The van der Waals surface area contributed by atoms with Crippen molar-refractivity contribution in [2.45, 2.75) is 0 Å². The molecule has 0 aliphatic carbocycles. The molecule has 26 heavy (non-hydrogen) atoms. The Hall–Kier alpha value is -1.65. The smallest absolute Gasteiger partial charge is 0.534 e. The summed E-state index contributed by atoms with van der Waals surface area (Å²) in [4.78, 5) is 47.9. The first-order chi connectivity index (χ1) is 11.8. The van der Waals surface area contributed by atoms with E-state index in [9.17, 15) is 33.6 Å². The molecule has 2 unspecified atom stereocenters. The third-order valence-electron chi connectivity index (χ3n) is 2.68. The topological polar surface area (TPSA) is 206 Å². The summed E-state index contributed by atoms with van der Waals surface area (Å²) in [6.45, 7) is 0. The molecule has 16 heteroatoms. The van der Waals surface area contributed by atoms with Gasteiger partial charge in [-0.1, -0.05) is 18.2 Å². The van der Waals surface area contributed by atoms with E-state index < -0.39 is 34.1 Å². The predicted molar refractivity (Wildman–Crippen MR) is 82.9 cm³/mol. The van der Waals surface area contributed by atoms with Crippen LogP contribution < -0.4 is 9.42 Å². The van der Waals surface area contributed by atoms with Crippen molar-refractivity contribution in [1.82, 2.24) is 0 Å². The maximum absolute atomic E-state index is 11.8. The van der Waals surface area contributed by atoms with Crippen LogP contribution >= 0.6 is 23.5 Å². The molecule has 0 aliphatic heterocycles. The summed E-state index contributed by atoms with van der Waals surface area (Å²) >= 11 is 0. The van der Waals surface area contributed by atoms with E-state index in [0.717, 1.165) is 12.1 Å². The third kappa shape index (κ3) is 5.42. The SMILES string of the molecule is O=[N+]([O-])c1ccc(OP(=O)(O)OP(=O)([O-])OP(=O)(O)O)c2ccccc12. The van der Waals surface area contributed by atoms with Crippen LogP contribution in [0.4, 0.5) is 5.69 Å². The van der Waals surface area contributed by atoms with Crippen LogP contribution in [0.15, 0.2) is 36.4 Å². The fourth-order valence-corrected chi connectivity index (χ4v) is 4.89. The Morgan fingerprint density at radius 2 is 1.50 bits per heavy atom. The van der Waals surface area contributed by atoms with Gasteiger partial charge in [0.05, 0.1) is 10.3 Å². The maximum atomic E-state index is 11.8. The summed E-state index contributed by atoms with van der Waals surface area (Å²) in [5.74, 6) is -0.451. The Labute approximate surface area is 144 Å². The molecule has 0 bridgehead atoms. The van der Waals surface area contributed by atoms with Gasteiger partial charge in [0.1, 0.15) is 5.75 Å². The van der Waals surface area contributed by atoms with Crippen LogP contribution in [0.1, 0.15) is 0 Å². The van der Waals surface area contributed by atoms with E-state index >= 15 is 0 Å². The molecular weight excluding hydrogens is 419 g/mol. The van der Waals surface area contributed by atoms with E-state index in [0.29, 0.717) is 0 Å². The van der Waals surface area contributed by atoms with E-state index in [1.165, 1.54) is 24.3 Å². The van der Waals surface area contributed by atoms with Gasteiger partial charge in [-0.05, 0) is 12.1 Å². The van der Waals surface area contributed by atoms with E-state index in [-0.39, 0.29) is 16.5 Å². The van der Waals surface area contributed by atoms with Crippen molar-refractivity contribution < 1.29 is 51.3 Å². The molecule has 2 aromatic rings. The molecule has 0 saturated heterocycles. The van der Waals surface area contributed by atoms with Crippen molar-refractivity contribution in [3.63, 3.8) is 0 Å². The zero-order valence-electron chi connectivity index (χ0n) is 12.3. The fraction of sp³-hybridized carbons (Fsp3) is 0. The number of nitro benzene ring substituents is 1. The Morgan fingerprint density at radius 3 is 2.04 bits per heavy atom. The van der Waals surface area contributed by atoms with Crippen molar-refractivity contribution in [1.29, 1.82) is 0 Å². The van der Waals surface area contributed by atoms with Gasteiger partial charge in [0, 0.05) is 11.5 Å². The highest BCUT2D eigenvalue weighted by Crippen LogP contribution is 2.64. The number of nitrogens with zero attached hydrogens (tertiary/aromatic N) is 1. The number of hydrogen-bond donors (Lipinski definition) is 3. The number of nitro groups is 1. The molecule has 0 fully saturated rings. The highest BCUT2D eigenvalue weighted by molar-refractivity contribution is 7.66. The number of non-ortho nitro benzene ring substituents is 1. The molecule has 0 radical (unpaired) electrons. The summed E-state index contributed by atoms with van der Waals surface area (Å²) in [5, 5.41) is 11.0. The van der Waals surface area contributed by atoms with Crippen molar-refractivity contribution in [3.05, 3.63) is 46.5 Å². The molecular formula is C10H9NO12P3-. The van der Waals surface area contributed by atoms with Gasteiger partial charge in [0.2, 0.25) is 0 Å². The Morgan fingerprint density at radius 1 is 0.923 bits per heavy atom. The monoisotopic (exact) mass is 428 g/mol. The number of phosphoric acid groups is 3. The van der Waals surface area contributed by atoms with Crippen LogP contribution in [0.25, 0.3) is 10.8 Å². The second-order valence-electron chi connectivity index (χ2n) is 4.55. The van der Waals surface area contributed by atoms with Crippen LogP contribution in [0.3, 0.4) is 0 Å². The zero-order chi connectivity index (χ0) is 19.8. The minimum Gasteiger partial charge on any atom is -0.755 e. The van der Waals surface area contributed by atoms with Gasteiger partial charge in [-0.15, -0.1) is 0 Å². The Balaban J connectivity index is 2.37. The normalized spacial score (nSPS) is 16.6. The predicted octanol–water partition coefficient (Wildman–Crippen LogP) is 1.82. The average Bonchev–Trinajstić information content (AvgIpc) is 2.42. The minimum absolute atomic E-state index is 0.0174. The lowest BCUT2D eigenvalue weighted by Crippen LogP contribution is -2.08. The number of fused-ring (bicyclic) bond motifs is 1. The van der Waals surface area contributed by atoms with E-state index in [1.54, 1.807) is 0 Å². The van der Waals surface area contributed by atoms with Crippen molar-refractivity contribution in [2.75, 3.05) is 0 Å². The molecule has 2 rings (SSSR count). The van der Waals surface area contributed by atoms with Gasteiger partial charge in [-0.2, -0.15) is 0 Å². The molecule has 3 N–H and O–H groups in total. The summed E-state index contributed by atoms with van der Waals surface area (Å²) in [7, 11) is -17.0. The zero-order valence-corrected chi connectivity index (χ0v) is 15.0. The van der Waals surface area contributed by atoms with Crippen molar-refractivity contribution in [2.24, 2.45) is 0 Å². The molecule has 0 amide bonds. The molecule has 0 aromatic heterocycles. The first kappa shape index (κ1) is 20.7. The second kappa shape index (κ2) is 7.16. The molecule has 0 spiro atoms. The molecule has 142 valence electrons. The average molecular weight is 428 g/mol. The van der Waals surface area contributed by atoms with Gasteiger partial charge in [-0.3, -0.25) is 19.6 Å². The van der Waals surface area contributed by atoms with Crippen LogP contribution in [0.2, 0.25) is 0 Å². The molecule has 0 saturated carbocycles. The van der Waals surface area contributed by atoms with Gasteiger partial charge < -0.3 is 19.2 Å². The fourth-order valence-electron chi connectivity index (χ4n) is 1.91. The van der Waals surface area contributed by atoms with Gasteiger partial charge >= 0.3 is 15.6 Å². The lowest BCUT2D eigenvalue weighted by atomic mass is 10.1.